The Morgan fingerprint density at radius 1 is 1.77 bits per heavy atom. The van der Waals surface area contributed by atoms with Crippen LogP contribution in [0.25, 0.3) is 0 Å². The second-order valence-corrected chi connectivity index (χ2v) is 3.54. The van der Waals surface area contributed by atoms with Gasteiger partial charge in [0.25, 0.3) is 0 Å². The molecule has 0 saturated carbocycles. The number of H-pyrrole nitrogens is 1. The van der Waals surface area contributed by atoms with Crippen LogP contribution in [0.1, 0.15) is 5.69 Å². The van der Waals surface area contributed by atoms with Crippen LogP contribution in [0, 0.1) is 0 Å². The van der Waals surface area contributed by atoms with Crippen molar-refractivity contribution in [3.63, 3.8) is 0 Å². The highest BCUT2D eigenvalue weighted by atomic mass is 32.1. The molecule has 0 aliphatic carbocycles. The molecule has 5 heteroatoms. The number of aromatic nitrogens is 2. The molecule has 1 heterocycles. The van der Waals surface area contributed by atoms with Gasteiger partial charge in [-0.25, -0.2) is 4.98 Å². The lowest BCUT2D eigenvalue weighted by Gasteiger charge is -2.19. The van der Waals surface area contributed by atoms with Crippen LogP contribution in [0.2, 0.25) is 0 Å². The van der Waals surface area contributed by atoms with Crippen molar-refractivity contribution in [1.29, 1.82) is 0 Å². The van der Waals surface area contributed by atoms with Crippen LogP contribution >= 0.6 is 12.6 Å². The first-order valence-electron chi connectivity index (χ1n) is 3.97. The lowest BCUT2D eigenvalue weighted by atomic mass is 10.2. The van der Waals surface area contributed by atoms with Crippen LogP contribution in [0.3, 0.4) is 0 Å². The third-order valence-corrected chi connectivity index (χ3v) is 2.17. The number of aromatic amines is 1. The molecule has 0 radical (unpaired) electrons. The van der Waals surface area contributed by atoms with Gasteiger partial charge in [-0.3, -0.25) is 9.69 Å². The number of nitrogens with zero attached hydrogens (tertiary/aromatic N) is 2. The van der Waals surface area contributed by atoms with E-state index in [9.17, 15) is 4.79 Å². The lowest BCUT2D eigenvalue weighted by molar-refractivity contribution is -0.114. The largest absolute Gasteiger partial charge is 0.348 e. The fraction of sp³-hybridized carbons (Fsp3) is 0.500. The van der Waals surface area contributed by atoms with Gasteiger partial charge < -0.3 is 4.98 Å². The Kier molecular flexibility index (Phi) is 3.50. The van der Waals surface area contributed by atoms with Gasteiger partial charge in [-0.15, -0.1) is 12.6 Å². The maximum absolute atomic E-state index is 11.1. The molecule has 0 fully saturated rings. The van der Waals surface area contributed by atoms with Crippen LogP contribution in [-0.2, 0) is 11.2 Å². The summed E-state index contributed by atoms with van der Waals surface area (Å²) in [6, 6.07) is -0.191. The van der Waals surface area contributed by atoms with Gasteiger partial charge in [-0.05, 0) is 14.1 Å². The minimum atomic E-state index is -0.191. The molecular formula is C8H13N3OS. The van der Waals surface area contributed by atoms with Gasteiger partial charge in [0.05, 0.1) is 12.4 Å². The van der Waals surface area contributed by atoms with Crippen molar-refractivity contribution in [1.82, 2.24) is 14.9 Å². The zero-order valence-corrected chi connectivity index (χ0v) is 8.58. The summed E-state index contributed by atoms with van der Waals surface area (Å²) in [6.07, 6.45) is 3.94. The Bertz CT molecular complexity index is 271. The van der Waals surface area contributed by atoms with Crippen molar-refractivity contribution < 1.29 is 4.79 Å². The standard InChI is InChI=1S/C8H13N3OS/c1-11(2)7(8(12)13)3-6-4-9-5-10-6/h4-5,7H,3H2,1-2H3,(H,9,10)(H,12,13)/t7-/m0/s1. The van der Waals surface area contributed by atoms with Crippen molar-refractivity contribution in [2.24, 2.45) is 0 Å². The number of imidazole rings is 1. The minimum absolute atomic E-state index is 0.125. The molecule has 0 aromatic carbocycles. The van der Waals surface area contributed by atoms with Crippen LogP contribution in [0.5, 0.6) is 0 Å². The highest BCUT2D eigenvalue weighted by molar-refractivity contribution is 7.96. The highest BCUT2D eigenvalue weighted by Gasteiger charge is 2.18. The Morgan fingerprint density at radius 3 is 2.85 bits per heavy atom. The van der Waals surface area contributed by atoms with E-state index in [1.165, 1.54) is 0 Å². The van der Waals surface area contributed by atoms with Gasteiger partial charge >= 0.3 is 0 Å². The summed E-state index contributed by atoms with van der Waals surface area (Å²) >= 11 is 3.83. The van der Waals surface area contributed by atoms with E-state index < -0.39 is 0 Å². The zero-order chi connectivity index (χ0) is 9.84. The van der Waals surface area contributed by atoms with Gasteiger partial charge in [-0.1, -0.05) is 0 Å². The maximum atomic E-state index is 11.1. The first-order valence-corrected chi connectivity index (χ1v) is 4.42. The predicted octanol–water partition coefficient (Wildman–Crippen LogP) is 0.339. The summed E-state index contributed by atoms with van der Waals surface area (Å²) in [4.78, 5) is 19.8. The molecule has 4 nitrogen and oxygen atoms in total. The second-order valence-electron chi connectivity index (χ2n) is 3.10. The fourth-order valence-electron chi connectivity index (χ4n) is 1.10. The molecule has 1 N–H and O–H groups in total. The quantitative estimate of drug-likeness (QED) is 0.687. The van der Waals surface area contributed by atoms with Gasteiger partial charge in [0.15, 0.2) is 0 Å². The number of hydrogen-bond acceptors (Lipinski definition) is 3. The summed E-state index contributed by atoms with van der Waals surface area (Å²) in [5.41, 5.74) is 0.945. The van der Waals surface area contributed by atoms with Crippen molar-refractivity contribution in [3.8, 4) is 0 Å². The number of likely N-dealkylation sites (N-methyl/N-ethyl adjacent to an activating group) is 1. The van der Waals surface area contributed by atoms with Crippen molar-refractivity contribution in [2.45, 2.75) is 12.5 Å². The van der Waals surface area contributed by atoms with E-state index in [4.69, 9.17) is 0 Å². The normalized spacial score (nSPS) is 13.2. The van der Waals surface area contributed by atoms with Crippen LogP contribution < -0.4 is 0 Å². The molecule has 0 unspecified atom stereocenters. The highest BCUT2D eigenvalue weighted by Crippen LogP contribution is 2.06. The topological polar surface area (TPSA) is 49.0 Å². The molecule has 0 spiro atoms. The van der Waals surface area contributed by atoms with Crippen LogP contribution in [-0.4, -0.2) is 40.1 Å². The number of hydrogen-bond donors (Lipinski definition) is 2. The number of nitrogens with one attached hydrogen (secondary N) is 1. The fourth-order valence-corrected chi connectivity index (χ4v) is 1.42. The van der Waals surface area contributed by atoms with E-state index in [1.807, 2.05) is 19.0 Å². The van der Waals surface area contributed by atoms with Gasteiger partial charge in [0.1, 0.15) is 0 Å². The van der Waals surface area contributed by atoms with Crippen molar-refractivity contribution >= 4 is 17.7 Å². The summed E-state index contributed by atoms with van der Waals surface area (Å²) < 4.78 is 0. The average Bonchev–Trinajstić information content (AvgIpc) is 2.50. The molecule has 1 rings (SSSR count). The molecule has 0 bridgehead atoms. The third kappa shape index (κ3) is 2.86. The minimum Gasteiger partial charge on any atom is -0.348 e. The maximum Gasteiger partial charge on any atom is 0.203 e. The number of thiol groups is 1. The summed E-state index contributed by atoms with van der Waals surface area (Å²) in [5, 5.41) is -0.125. The third-order valence-electron chi connectivity index (χ3n) is 1.88. The average molecular weight is 199 g/mol. The zero-order valence-electron chi connectivity index (χ0n) is 7.69. The first kappa shape index (κ1) is 10.3. The summed E-state index contributed by atoms with van der Waals surface area (Å²) in [6.45, 7) is 0. The van der Waals surface area contributed by atoms with Crippen LogP contribution in [0.4, 0.5) is 0 Å². The molecule has 1 aromatic heterocycles. The number of rotatable bonds is 4. The molecule has 1 atom stereocenters. The molecule has 0 aliphatic heterocycles. The Morgan fingerprint density at radius 2 is 2.46 bits per heavy atom. The number of carbonyl (C=O) groups excluding carboxylic acids is 1. The monoisotopic (exact) mass is 199 g/mol. The van der Waals surface area contributed by atoms with Crippen molar-refractivity contribution in [2.75, 3.05) is 14.1 Å². The SMILES string of the molecule is CN(C)[C@@H](Cc1cnc[nH]1)C(=O)S. The molecular weight excluding hydrogens is 186 g/mol. The smallest absolute Gasteiger partial charge is 0.203 e. The van der Waals surface area contributed by atoms with E-state index in [-0.39, 0.29) is 11.2 Å². The van der Waals surface area contributed by atoms with E-state index in [2.05, 4.69) is 22.6 Å². The van der Waals surface area contributed by atoms with Gasteiger partial charge in [-0.2, -0.15) is 0 Å². The molecule has 0 amide bonds. The Balaban J connectivity index is 2.63. The van der Waals surface area contributed by atoms with Gasteiger partial charge in [0.2, 0.25) is 5.12 Å². The van der Waals surface area contributed by atoms with Crippen molar-refractivity contribution in [3.05, 3.63) is 18.2 Å². The summed E-state index contributed by atoms with van der Waals surface area (Å²) in [7, 11) is 3.71. The van der Waals surface area contributed by atoms with E-state index >= 15 is 0 Å². The molecule has 0 saturated heterocycles. The number of carbonyl (C=O) groups is 1. The molecule has 1 aromatic rings. The predicted molar refractivity (Wildman–Crippen MR) is 53.8 cm³/mol. The first-order chi connectivity index (χ1) is 6.11. The lowest BCUT2D eigenvalue weighted by Crippen LogP contribution is -2.35. The molecule has 13 heavy (non-hydrogen) atoms. The molecule has 72 valence electrons. The molecule has 0 aliphatic rings. The van der Waals surface area contributed by atoms with Crippen LogP contribution in [0.15, 0.2) is 12.5 Å². The summed E-state index contributed by atoms with van der Waals surface area (Å²) in [5.74, 6) is 0. The Labute approximate surface area is 82.8 Å². The van der Waals surface area contributed by atoms with E-state index in [0.717, 1.165) is 5.69 Å². The van der Waals surface area contributed by atoms with E-state index in [0.29, 0.717) is 6.42 Å². The Hall–Kier alpha value is -0.810. The van der Waals surface area contributed by atoms with E-state index in [1.54, 1.807) is 12.5 Å². The van der Waals surface area contributed by atoms with Gasteiger partial charge in [0, 0.05) is 18.3 Å². The second kappa shape index (κ2) is 4.43.